The Morgan fingerprint density at radius 2 is 2.19 bits per heavy atom. The third kappa shape index (κ3) is 3.90. The molecule has 0 aliphatic carbocycles. The van der Waals surface area contributed by atoms with E-state index in [1.807, 2.05) is 0 Å². The second kappa shape index (κ2) is 6.83. The molecule has 1 aromatic rings. The summed E-state index contributed by atoms with van der Waals surface area (Å²) in [4.78, 5) is 28.8. The Labute approximate surface area is 125 Å². The van der Waals surface area contributed by atoms with Gasteiger partial charge in [-0.3, -0.25) is 9.59 Å². The smallest absolute Gasteiger partial charge is 0.326 e. The molecular formula is C12H18N4O4S. The van der Waals surface area contributed by atoms with Gasteiger partial charge in [-0.2, -0.15) is 0 Å². The number of rotatable bonds is 5. The van der Waals surface area contributed by atoms with Gasteiger partial charge in [-0.15, -0.1) is 11.3 Å². The van der Waals surface area contributed by atoms with Crippen LogP contribution in [0.3, 0.4) is 0 Å². The zero-order valence-corrected chi connectivity index (χ0v) is 12.4. The quantitative estimate of drug-likeness (QED) is 0.694. The van der Waals surface area contributed by atoms with Crippen molar-refractivity contribution in [3.8, 4) is 0 Å². The van der Waals surface area contributed by atoms with Gasteiger partial charge in [0.15, 0.2) is 5.13 Å². The van der Waals surface area contributed by atoms with Crippen molar-refractivity contribution in [2.75, 3.05) is 31.6 Å². The lowest BCUT2D eigenvalue weighted by molar-refractivity contribution is -0.139. The Morgan fingerprint density at radius 1 is 1.52 bits per heavy atom. The number of aliphatic carboxylic acids is 1. The lowest BCUT2D eigenvalue weighted by atomic mass is 10.2. The van der Waals surface area contributed by atoms with E-state index in [1.54, 1.807) is 17.2 Å². The number of hydrogen-bond donors (Lipinski definition) is 3. The first-order valence-electron chi connectivity index (χ1n) is 6.56. The maximum absolute atomic E-state index is 12.2. The number of carbonyl (C=O) groups is 2. The molecule has 9 heteroatoms. The maximum atomic E-state index is 12.2. The van der Waals surface area contributed by atoms with Crippen molar-refractivity contribution in [3.05, 3.63) is 11.1 Å². The Bertz CT molecular complexity index is 515. The molecule has 1 aliphatic heterocycles. The lowest BCUT2D eigenvalue weighted by Gasteiger charge is -2.29. The molecule has 0 spiro atoms. The average Bonchev–Trinajstić information content (AvgIpc) is 2.94. The van der Waals surface area contributed by atoms with Gasteiger partial charge in [0.25, 0.3) is 0 Å². The minimum absolute atomic E-state index is 0.0300. The van der Waals surface area contributed by atoms with E-state index in [0.717, 1.165) is 0 Å². The van der Waals surface area contributed by atoms with Gasteiger partial charge < -0.3 is 25.8 Å². The molecule has 2 rings (SSSR count). The maximum Gasteiger partial charge on any atom is 0.326 e. The van der Waals surface area contributed by atoms with Gasteiger partial charge in [0.2, 0.25) is 5.91 Å². The Kier molecular flexibility index (Phi) is 5.10. The van der Waals surface area contributed by atoms with E-state index in [0.29, 0.717) is 31.4 Å². The molecule has 1 fully saturated rings. The van der Waals surface area contributed by atoms with Crippen molar-refractivity contribution in [3.63, 3.8) is 0 Å². The zero-order valence-electron chi connectivity index (χ0n) is 11.6. The van der Waals surface area contributed by atoms with E-state index in [4.69, 9.17) is 15.6 Å². The fraction of sp³-hybridized carbons (Fsp3) is 0.583. The van der Waals surface area contributed by atoms with Crippen LogP contribution in [0.4, 0.5) is 5.13 Å². The molecule has 4 N–H and O–H groups in total. The summed E-state index contributed by atoms with van der Waals surface area (Å²) in [5.74, 6) is -1.16. The van der Waals surface area contributed by atoms with E-state index in [2.05, 4.69) is 10.3 Å². The zero-order chi connectivity index (χ0) is 15.4. The molecule has 0 bridgehead atoms. The van der Waals surface area contributed by atoms with Crippen LogP contribution >= 0.6 is 11.3 Å². The number of aromatic nitrogens is 1. The standard InChI is InChI=1S/C12H18N4O4S/c1-7(10(17)16-2-4-20-5-3-16)14-12-15-8(6-21-12)9(13)11(18)19/h6-7,9H,2-5,13H2,1H3,(H,14,15)(H,18,19). The van der Waals surface area contributed by atoms with Crippen molar-refractivity contribution in [1.29, 1.82) is 0 Å². The molecule has 1 aliphatic rings. The van der Waals surface area contributed by atoms with E-state index in [-0.39, 0.29) is 11.6 Å². The Morgan fingerprint density at radius 3 is 2.81 bits per heavy atom. The molecule has 8 nitrogen and oxygen atoms in total. The number of hydrogen-bond acceptors (Lipinski definition) is 7. The number of thiazole rings is 1. The lowest BCUT2D eigenvalue weighted by Crippen LogP contribution is -2.47. The summed E-state index contributed by atoms with van der Waals surface area (Å²) in [6.45, 7) is 4.01. The number of amides is 1. The number of morpholine rings is 1. The molecular weight excluding hydrogens is 296 g/mol. The second-order valence-corrected chi connectivity index (χ2v) is 5.56. The summed E-state index contributed by atoms with van der Waals surface area (Å²) in [7, 11) is 0. The van der Waals surface area contributed by atoms with Crippen LogP contribution in [0.15, 0.2) is 5.38 Å². The largest absolute Gasteiger partial charge is 0.480 e. The molecule has 1 saturated heterocycles. The first kappa shape index (κ1) is 15.7. The van der Waals surface area contributed by atoms with Crippen LogP contribution in [-0.4, -0.2) is 59.2 Å². The van der Waals surface area contributed by atoms with Crippen LogP contribution in [0.2, 0.25) is 0 Å². The monoisotopic (exact) mass is 314 g/mol. The summed E-state index contributed by atoms with van der Waals surface area (Å²) in [6, 6.07) is -1.59. The SMILES string of the molecule is CC(Nc1nc(C(N)C(=O)O)cs1)C(=O)N1CCOCC1. The van der Waals surface area contributed by atoms with Crippen LogP contribution < -0.4 is 11.1 Å². The summed E-state index contributed by atoms with van der Waals surface area (Å²) < 4.78 is 5.21. The van der Waals surface area contributed by atoms with Gasteiger partial charge in [0.1, 0.15) is 12.1 Å². The van der Waals surface area contributed by atoms with Crippen LogP contribution in [0, 0.1) is 0 Å². The number of anilines is 1. The summed E-state index contributed by atoms with van der Waals surface area (Å²) in [5.41, 5.74) is 5.77. The van der Waals surface area contributed by atoms with Crippen LogP contribution in [0.5, 0.6) is 0 Å². The predicted molar refractivity (Wildman–Crippen MR) is 77.2 cm³/mol. The fourth-order valence-electron chi connectivity index (χ4n) is 1.93. The van der Waals surface area contributed by atoms with Crippen LogP contribution in [0.1, 0.15) is 18.7 Å². The number of nitrogens with two attached hydrogens (primary N) is 1. The highest BCUT2D eigenvalue weighted by Crippen LogP contribution is 2.20. The van der Waals surface area contributed by atoms with Gasteiger partial charge in [-0.25, -0.2) is 4.98 Å². The summed E-state index contributed by atoms with van der Waals surface area (Å²) in [5, 5.41) is 13.9. The van der Waals surface area contributed by atoms with E-state index in [1.165, 1.54) is 11.3 Å². The third-order valence-electron chi connectivity index (χ3n) is 3.14. The molecule has 21 heavy (non-hydrogen) atoms. The van der Waals surface area contributed by atoms with Crippen LogP contribution in [0.25, 0.3) is 0 Å². The molecule has 0 saturated carbocycles. The van der Waals surface area contributed by atoms with Crippen molar-refractivity contribution in [2.45, 2.75) is 19.0 Å². The molecule has 2 unspecified atom stereocenters. The normalized spacial score (nSPS) is 18.1. The average molecular weight is 314 g/mol. The molecule has 2 heterocycles. The predicted octanol–water partition coefficient (Wildman–Crippen LogP) is -0.113. The summed E-state index contributed by atoms with van der Waals surface area (Å²) >= 11 is 1.23. The first-order valence-corrected chi connectivity index (χ1v) is 7.44. The minimum atomic E-state index is -1.15. The highest BCUT2D eigenvalue weighted by Gasteiger charge is 2.24. The number of carbonyl (C=O) groups excluding carboxylic acids is 1. The van der Waals surface area contributed by atoms with Gasteiger partial charge in [0.05, 0.1) is 18.9 Å². The topological polar surface area (TPSA) is 118 Å². The number of carboxylic acid groups (broad SMARTS) is 1. The number of nitrogens with zero attached hydrogens (tertiary/aromatic N) is 2. The van der Waals surface area contributed by atoms with Crippen molar-refractivity contribution in [1.82, 2.24) is 9.88 Å². The molecule has 0 radical (unpaired) electrons. The molecule has 1 aromatic heterocycles. The van der Waals surface area contributed by atoms with Gasteiger partial charge in [0, 0.05) is 18.5 Å². The van der Waals surface area contributed by atoms with Crippen LogP contribution in [-0.2, 0) is 14.3 Å². The Balaban J connectivity index is 1.94. The van der Waals surface area contributed by atoms with Gasteiger partial charge in [-0.05, 0) is 6.92 Å². The molecule has 2 atom stereocenters. The first-order chi connectivity index (χ1) is 9.99. The third-order valence-corrected chi connectivity index (χ3v) is 3.93. The highest BCUT2D eigenvalue weighted by molar-refractivity contribution is 7.13. The van der Waals surface area contributed by atoms with Crippen molar-refractivity contribution in [2.24, 2.45) is 5.73 Å². The highest BCUT2D eigenvalue weighted by atomic mass is 32.1. The molecule has 0 aromatic carbocycles. The number of ether oxygens (including phenoxy) is 1. The number of nitrogens with one attached hydrogen (secondary N) is 1. The van der Waals surface area contributed by atoms with E-state index < -0.39 is 18.1 Å². The number of carboxylic acids is 1. The minimum Gasteiger partial charge on any atom is -0.480 e. The molecule has 1 amide bonds. The second-order valence-electron chi connectivity index (χ2n) is 4.70. The summed E-state index contributed by atoms with van der Waals surface area (Å²) in [6.07, 6.45) is 0. The molecule has 116 valence electrons. The Hall–Kier alpha value is -1.71. The van der Waals surface area contributed by atoms with E-state index >= 15 is 0 Å². The van der Waals surface area contributed by atoms with Gasteiger partial charge >= 0.3 is 5.97 Å². The fourth-order valence-corrected chi connectivity index (χ4v) is 2.76. The van der Waals surface area contributed by atoms with E-state index in [9.17, 15) is 9.59 Å². The van der Waals surface area contributed by atoms with Crippen molar-refractivity contribution >= 4 is 28.3 Å². The van der Waals surface area contributed by atoms with Crippen molar-refractivity contribution < 1.29 is 19.4 Å². The van der Waals surface area contributed by atoms with Gasteiger partial charge in [-0.1, -0.05) is 0 Å².